The van der Waals surface area contributed by atoms with Crippen LogP contribution in [-0.2, 0) is 4.74 Å². The van der Waals surface area contributed by atoms with Crippen molar-refractivity contribution < 1.29 is 9.53 Å². The molecule has 0 unspecified atom stereocenters. The third-order valence-corrected chi connectivity index (χ3v) is 4.77. The quantitative estimate of drug-likeness (QED) is 0.785. The van der Waals surface area contributed by atoms with Gasteiger partial charge in [0.1, 0.15) is 5.82 Å². The van der Waals surface area contributed by atoms with Crippen molar-refractivity contribution in [2.75, 3.05) is 49.5 Å². The molecule has 1 aromatic heterocycles. The van der Waals surface area contributed by atoms with Crippen LogP contribution in [0, 0.1) is 6.92 Å². The molecule has 7 nitrogen and oxygen atoms in total. The van der Waals surface area contributed by atoms with Gasteiger partial charge in [0.25, 0.3) is 0 Å². The number of carbonyl (C=O) groups is 1. The van der Waals surface area contributed by atoms with Gasteiger partial charge in [-0.2, -0.15) is 0 Å². The third-order valence-electron chi connectivity index (χ3n) is 4.77. The maximum Gasteiger partial charge on any atom is 0.358 e. The number of benzene rings is 1. The highest BCUT2D eigenvalue weighted by molar-refractivity contribution is 5.86. The molecule has 0 atom stereocenters. The van der Waals surface area contributed by atoms with Crippen molar-refractivity contribution in [1.82, 2.24) is 14.9 Å². The summed E-state index contributed by atoms with van der Waals surface area (Å²) in [5.74, 6) is 0.131. The van der Waals surface area contributed by atoms with Gasteiger partial charge in [0, 0.05) is 37.6 Å². The van der Waals surface area contributed by atoms with Gasteiger partial charge in [-0.15, -0.1) is 0 Å². The third kappa shape index (κ3) is 4.74. The summed E-state index contributed by atoms with van der Waals surface area (Å²) in [6.07, 6.45) is 2.97. The second-order valence-corrected chi connectivity index (χ2v) is 6.55. The highest BCUT2D eigenvalue weighted by Crippen LogP contribution is 2.26. The van der Waals surface area contributed by atoms with Crippen LogP contribution in [0.2, 0.25) is 0 Å². The Labute approximate surface area is 160 Å². The van der Waals surface area contributed by atoms with E-state index in [1.807, 2.05) is 0 Å². The van der Waals surface area contributed by atoms with Crippen molar-refractivity contribution in [3.63, 3.8) is 0 Å². The number of carbonyl (C=O) groups excluding carboxylic acids is 1. The molecular formula is C20H27N5O2. The first-order valence-corrected chi connectivity index (χ1v) is 9.44. The van der Waals surface area contributed by atoms with Gasteiger partial charge < -0.3 is 19.9 Å². The molecule has 3 rings (SSSR count). The highest BCUT2D eigenvalue weighted by atomic mass is 16.5. The Hall–Kier alpha value is -2.67. The molecule has 1 N–H and O–H groups in total. The van der Waals surface area contributed by atoms with Crippen LogP contribution >= 0.6 is 0 Å². The van der Waals surface area contributed by atoms with Gasteiger partial charge >= 0.3 is 5.97 Å². The van der Waals surface area contributed by atoms with Crippen molar-refractivity contribution in [3.05, 3.63) is 41.9 Å². The fourth-order valence-electron chi connectivity index (χ4n) is 3.24. The Bertz CT molecular complexity index is 770. The highest BCUT2D eigenvalue weighted by Gasteiger charge is 2.17. The molecule has 0 bridgehead atoms. The van der Waals surface area contributed by atoms with E-state index in [9.17, 15) is 4.79 Å². The van der Waals surface area contributed by atoms with Gasteiger partial charge in [-0.25, -0.2) is 14.8 Å². The summed E-state index contributed by atoms with van der Waals surface area (Å²) in [4.78, 5) is 24.9. The van der Waals surface area contributed by atoms with Crippen LogP contribution in [0.15, 0.2) is 30.6 Å². The lowest BCUT2D eigenvalue weighted by atomic mass is 10.1. The van der Waals surface area contributed by atoms with Crippen molar-refractivity contribution in [2.45, 2.75) is 20.8 Å². The van der Waals surface area contributed by atoms with Gasteiger partial charge in [-0.3, -0.25) is 0 Å². The van der Waals surface area contributed by atoms with E-state index in [-0.39, 0.29) is 5.69 Å². The van der Waals surface area contributed by atoms with Crippen molar-refractivity contribution in [1.29, 1.82) is 0 Å². The molecule has 27 heavy (non-hydrogen) atoms. The molecule has 1 aliphatic heterocycles. The predicted molar refractivity (Wildman–Crippen MR) is 107 cm³/mol. The summed E-state index contributed by atoms with van der Waals surface area (Å²) in [7, 11) is 0. The molecule has 1 fully saturated rings. The number of nitrogens with zero attached hydrogens (tertiary/aromatic N) is 4. The van der Waals surface area contributed by atoms with Gasteiger partial charge in [-0.1, -0.05) is 6.92 Å². The smallest absolute Gasteiger partial charge is 0.358 e. The molecule has 1 aliphatic rings. The minimum atomic E-state index is -0.458. The number of piperazine rings is 1. The number of hydrogen-bond donors (Lipinski definition) is 1. The number of rotatable bonds is 6. The molecule has 0 spiro atoms. The van der Waals surface area contributed by atoms with Crippen molar-refractivity contribution >= 4 is 23.2 Å². The average Bonchev–Trinajstić information content (AvgIpc) is 2.69. The minimum Gasteiger partial charge on any atom is -0.461 e. The maximum absolute atomic E-state index is 11.6. The Morgan fingerprint density at radius 1 is 1.15 bits per heavy atom. The van der Waals surface area contributed by atoms with E-state index < -0.39 is 5.97 Å². The number of hydrogen-bond acceptors (Lipinski definition) is 7. The standard InChI is InChI=1S/C20H27N5O2/c1-4-24-8-10-25(11-9-24)18-7-6-16(12-15(18)3)23-19-14-21-17(13-22-19)20(26)27-5-2/h6-7,12-14H,4-5,8-11H2,1-3H3,(H,22,23). The molecule has 2 heterocycles. The van der Waals surface area contributed by atoms with Crippen LogP contribution in [0.4, 0.5) is 17.2 Å². The molecule has 2 aromatic rings. The molecule has 0 radical (unpaired) electrons. The van der Waals surface area contributed by atoms with Crippen molar-refractivity contribution in [3.8, 4) is 0 Å². The Morgan fingerprint density at radius 3 is 2.52 bits per heavy atom. The number of nitrogens with one attached hydrogen (secondary N) is 1. The Morgan fingerprint density at radius 2 is 1.93 bits per heavy atom. The molecule has 1 saturated heterocycles. The molecular weight excluding hydrogens is 342 g/mol. The largest absolute Gasteiger partial charge is 0.461 e. The second kappa shape index (κ2) is 8.81. The molecule has 7 heteroatoms. The summed E-state index contributed by atoms with van der Waals surface area (Å²) in [6, 6.07) is 6.32. The molecule has 0 aliphatic carbocycles. The lowest BCUT2D eigenvalue weighted by molar-refractivity contribution is 0.0519. The Kier molecular flexibility index (Phi) is 6.24. The lowest BCUT2D eigenvalue weighted by Gasteiger charge is -2.36. The number of likely N-dealkylation sites (N-methyl/N-ethyl adjacent to an activating group) is 1. The van der Waals surface area contributed by atoms with Crippen LogP contribution in [0.1, 0.15) is 29.9 Å². The monoisotopic (exact) mass is 369 g/mol. The summed E-state index contributed by atoms with van der Waals surface area (Å²) in [5, 5.41) is 3.24. The molecule has 0 amide bonds. The van der Waals surface area contributed by atoms with E-state index >= 15 is 0 Å². The van der Waals surface area contributed by atoms with E-state index in [4.69, 9.17) is 4.74 Å². The zero-order valence-corrected chi connectivity index (χ0v) is 16.2. The fraction of sp³-hybridized carbons (Fsp3) is 0.450. The van der Waals surface area contributed by atoms with Gasteiger partial charge in [0.05, 0.1) is 19.0 Å². The number of anilines is 3. The van der Waals surface area contributed by atoms with Crippen LogP contribution in [-0.4, -0.2) is 60.2 Å². The number of esters is 1. The second-order valence-electron chi connectivity index (χ2n) is 6.55. The zero-order valence-electron chi connectivity index (χ0n) is 16.2. The summed E-state index contributed by atoms with van der Waals surface area (Å²) < 4.78 is 4.92. The van der Waals surface area contributed by atoms with Crippen LogP contribution in [0.3, 0.4) is 0 Å². The first-order valence-electron chi connectivity index (χ1n) is 9.44. The number of aryl methyl sites for hydroxylation is 1. The van der Waals surface area contributed by atoms with Crippen molar-refractivity contribution in [2.24, 2.45) is 0 Å². The van der Waals surface area contributed by atoms with E-state index in [1.165, 1.54) is 17.4 Å². The number of aromatic nitrogens is 2. The van der Waals surface area contributed by atoms with Crippen LogP contribution < -0.4 is 10.2 Å². The predicted octanol–water partition coefficient (Wildman–Crippen LogP) is 2.85. The van der Waals surface area contributed by atoms with Crippen LogP contribution in [0.5, 0.6) is 0 Å². The van der Waals surface area contributed by atoms with E-state index in [0.717, 1.165) is 38.4 Å². The van der Waals surface area contributed by atoms with E-state index in [1.54, 1.807) is 13.1 Å². The average molecular weight is 369 g/mol. The maximum atomic E-state index is 11.6. The Balaban J connectivity index is 1.65. The summed E-state index contributed by atoms with van der Waals surface area (Å²) in [6.45, 7) is 11.9. The van der Waals surface area contributed by atoms with E-state index in [2.05, 4.69) is 57.1 Å². The summed E-state index contributed by atoms with van der Waals surface area (Å²) in [5.41, 5.74) is 3.66. The normalized spacial score (nSPS) is 14.9. The van der Waals surface area contributed by atoms with Gasteiger partial charge in [0.2, 0.25) is 0 Å². The zero-order chi connectivity index (χ0) is 19.2. The first kappa shape index (κ1) is 19.1. The van der Waals surface area contributed by atoms with Gasteiger partial charge in [0.15, 0.2) is 5.69 Å². The van der Waals surface area contributed by atoms with Crippen LogP contribution in [0.25, 0.3) is 0 Å². The van der Waals surface area contributed by atoms with Gasteiger partial charge in [-0.05, 0) is 44.2 Å². The summed E-state index contributed by atoms with van der Waals surface area (Å²) >= 11 is 0. The lowest BCUT2D eigenvalue weighted by Crippen LogP contribution is -2.46. The first-order chi connectivity index (χ1) is 13.1. The number of ether oxygens (including phenoxy) is 1. The minimum absolute atomic E-state index is 0.208. The van der Waals surface area contributed by atoms with E-state index in [0.29, 0.717) is 12.4 Å². The SMILES string of the molecule is CCOC(=O)c1cnc(Nc2ccc(N3CCN(CC)CC3)c(C)c2)cn1. The fourth-order valence-corrected chi connectivity index (χ4v) is 3.24. The molecule has 144 valence electrons. The topological polar surface area (TPSA) is 70.6 Å². The molecule has 0 saturated carbocycles. The molecule has 1 aromatic carbocycles.